The number of hydrogen-bond acceptors (Lipinski definition) is 6. The van der Waals surface area contributed by atoms with Gasteiger partial charge in [0.2, 0.25) is 0 Å². The van der Waals surface area contributed by atoms with Crippen molar-refractivity contribution in [3.8, 4) is 0 Å². The molecule has 0 saturated carbocycles. The van der Waals surface area contributed by atoms with Gasteiger partial charge in [-0.2, -0.15) is 0 Å². The van der Waals surface area contributed by atoms with Crippen molar-refractivity contribution < 1.29 is 34.8 Å². The molecule has 0 aliphatic carbocycles. The van der Waals surface area contributed by atoms with Gasteiger partial charge < -0.3 is 20.4 Å². The summed E-state index contributed by atoms with van der Waals surface area (Å²) in [6, 6.07) is 0. The fourth-order valence-corrected chi connectivity index (χ4v) is 1.48. The molecule has 0 radical (unpaired) electrons. The number of hydrogen-bond donors (Lipinski definition) is 4. The van der Waals surface area contributed by atoms with E-state index in [0.717, 1.165) is 0 Å². The topological polar surface area (TPSA) is 139 Å². The number of aliphatic hydroxyl groups is 1. The van der Waals surface area contributed by atoms with Crippen LogP contribution in [0.1, 0.15) is 0 Å². The predicted molar refractivity (Wildman–Crippen MR) is 70.0 cm³/mol. The van der Waals surface area contributed by atoms with E-state index < -0.39 is 31.0 Å². The Kier molecular flexibility index (Phi) is 14.0. The standard InChI is InChI=1S/C10H18N2O7.K.H/c13-4-3-11(5-8(14)15)1-2-12(6-9(16)17)7-10(18)19;;/h13H,1-7H2,(H,14,15)(H,16,17)(H,18,19);;. The van der Waals surface area contributed by atoms with Crippen LogP contribution in [0, 0.1) is 0 Å². The Balaban J connectivity index is 0. The molecule has 0 heterocycles. The zero-order valence-electron chi connectivity index (χ0n) is 10.4. The molecule has 0 bridgehead atoms. The SMILES string of the molecule is O=C(O)CN(CCO)CCN(CC(=O)O)CC(=O)O.[KH]. The van der Waals surface area contributed by atoms with Gasteiger partial charge in [-0.3, -0.25) is 24.2 Å². The molecular formula is C10H19KN2O7. The van der Waals surface area contributed by atoms with E-state index in [1.54, 1.807) is 0 Å². The van der Waals surface area contributed by atoms with Crippen molar-refractivity contribution in [2.45, 2.75) is 0 Å². The summed E-state index contributed by atoms with van der Waals surface area (Å²) < 4.78 is 0. The molecule has 0 aliphatic heterocycles. The molecule has 9 nitrogen and oxygen atoms in total. The van der Waals surface area contributed by atoms with E-state index in [9.17, 15) is 14.4 Å². The summed E-state index contributed by atoms with van der Waals surface area (Å²) in [4.78, 5) is 34.3. The maximum atomic E-state index is 10.6. The van der Waals surface area contributed by atoms with E-state index in [-0.39, 0.29) is 84.2 Å². The Labute approximate surface area is 158 Å². The Hall–Kier alpha value is -0.0736. The van der Waals surface area contributed by atoms with Crippen molar-refractivity contribution >= 4 is 69.3 Å². The number of carbonyl (C=O) groups is 3. The number of rotatable bonds is 11. The zero-order valence-corrected chi connectivity index (χ0v) is 10.4. The van der Waals surface area contributed by atoms with E-state index >= 15 is 0 Å². The molecule has 112 valence electrons. The summed E-state index contributed by atoms with van der Waals surface area (Å²) in [7, 11) is 0. The van der Waals surface area contributed by atoms with Gasteiger partial charge in [-0.1, -0.05) is 0 Å². The van der Waals surface area contributed by atoms with Crippen LogP contribution < -0.4 is 0 Å². The summed E-state index contributed by atoms with van der Waals surface area (Å²) in [5.74, 6) is -3.39. The van der Waals surface area contributed by atoms with Crippen LogP contribution in [-0.4, -0.2) is 145 Å². The molecule has 0 unspecified atom stereocenters. The van der Waals surface area contributed by atoms with Gasteiger partial charge >= 0.3 is 69.3 Å². The summed E-state index contributed by atoms with van der Waals surface area (Å²) in [6.07, 6.45) is 0. The van der Waals surface area contributed by atoms with Crippen molar-refractivity contribution in [2.75, 3.05) is 45.9 Å². The quantitative estimate of drug-likeness (QED) is 0.297. The van der Waals surface area contributed by atoms with E-state index in [1.807, 2.05) is 0 Å². The average Bonchev–Trinajstić information content (AvgIpc) is 2.23. The maximum absolute atomic E-state index is 10.6. The minimum absolute atomic E-state index is 0. The first-order chi connectivity index (χ1) is 8.85. The first-order valence-corrected chi connectivity index (χ1v) is 5.56. The zero-order chi connectivity index (χ0) is 14.8. The van der Waals surface area contributed by atoms with E-state index in [0.29, 0.717) is 0 Å². The minimum atomic E-state index is -1.16. The summed E-state index contributed by atoms with van der Waals surface area (Å²) in [5.41, 5.74) is 0. The summed E-state index contributed by atoms with van der Waals surface area (Å²) >= 11 is 0. The Morgan fingerprint density at radius 2 is 1.05 bits per heavy atom. The Morgan fingerprint density at radius 1 is 0.700 bits per heavy atom. The van der Waals surface area contributed by atoms with E-state index in [2.05, 4.69) is 0 Å². The third-order valence-electron chi connectivity index (χ3n) is 2.23. The summed E-state index contributed by atoms with van der Waals surface area (Å²) in [5, 5.41) is 34.7. The molecule has 0 saturated heterocycles. The van der Waals surface area contributed by atoms with Crippen LogP contribution in [0.3, 0.4) is 0 Å². The predicted octanol–water partition coefficient (Wildman–Crippen LogP) is -2.81. The van der Waals surface area contributed by atoms with Crippen LogP contribution in [0.2, 0.25) is 0 Å². The second-order valence-corrected chi connectivity index (χ2v) is 3.89. The molecule has 0 rings (SSSR count). The molecule has 0 amide bonds. The van der Waals surface area contributed by atoms with Crippen LogP contribution in [-0.2, 0) is 14.4 Å². The molecule has 0 spiro atoms. The molecule has 0 aliphatic rings. The summed E-state index contributed by atoms with van der Waals surface area (Å²) in [6.45, 7) is -1.03. The van der Waals surface area contributed by atoms with Crippen LogP contribution in [0.25, 0.3) is 0 Å². The van der Waals surface area contributed by atoms with Gasteiger partial charge in [0.05, 0.1) is 26.2 Å². The molecular weight excluding hydrogens is 299 g/mol. The monoisotopic (exact) mass is 318 g/mol. The Morgan fingerprint density at radius 3 is 1.40 bits per heavy atom. The van der Waals surface area contributed by atoms with Crippen molar-refractivity contribution in [1.82, 2.24) is 9.80 Å². The average molecular weight is 318 g/mol. The normalized spacial score (nSPS) is 10.3. The number of aliphatic carboxylic acids is 3. The molecule has 10 heteroatoms. The molecule has 0 fully saturated rings. The fraction of sp³-hybridized carbons (Fsp3) is 0.700. The van der Waals surface area contributed by atoms with Crippen molar-refractivity contribution in [1.29, 1.82) is 0 Å². The van der Waals surface area contributed by atoms with Crippen LogP contribution in [0.5, 0.6) is 0 Å². The van der Waals surface area contributed by atoms with Crippen molar-refractivity contribution in [3.05, 3.63) is 0 Å². The number of aliphatic hydroxyl groups excluding tert-OH is 1. The first kappa shape index (κ1) is 22.2. The van der Waals surface area contributed by atoms with Gasteiger partial charge in [0, 0.05) is 19.6 Å². The Bertz CT molecular complexity index is 311. The van der Waals surface area contributed by atoms with Gasteiger partial charge in [-0.25, -0.2) is 0 Å². The number of carboxylic acids is 3. The van der Waals surface area contributed by atoms with Gasteiger partial charge in [0.15, 0.2) is 0 Å². The van der Waals surface area contributed by atoms with Gasteiger partial charge in [-0.15, -0.1) is 0 Å². The van der Waals surface area contributed by atoms with Crippen LogP contribution in [0.4, 0.5) is 0 Å². The van der Waals surface area contributed by atoms with Crippen molar-refractivity contribution in [3.63, 3.8) is 0 Å². The molecule has 0 atom stereocenters. The molecule has 4 N–H and O–H groups in total. The third kappa shape index (κ3) is 12.9. The molecule has 0 aromatic carbocycles. The van der Waals surface area contributed by atoms with Gasteiger partial charge in [0.1, 0.15) is 0 Å². The fourth-order valence-electron chi connectivity index (χ4n) is 1.48. The van der Waals surface area contributed by atoms with Crippen LogP contribution >= 0.6 is 0 Å². The first-order valence-electron chi connectivity index (χ1n) is 5.56. The number of nitrogens with zero attached hydrogens (tertiary/aromatic N) is 2. The van der Waals surface area contributed by atoms with E-state index in [4.69, 9.17) is 20.4 Å². The van der Waals surface area contributed by atoms with E-state index in [1.165, 1.54) is 9.80 Å². The number of carboxylic acid groups (broad SMARTS) is 3. The molecule has 0 aromatic rings. The third-order valence-corrected chi connectivity index (χ3v) is 2.23. The molecule has 0 aromatic heterocycles. The molecule has 20 heavy (non-hydrogen) atoms. The van der Waals surface area contributed by atoms with Gasteiger partial charge in [0.25, 0.3) is 0 Å². The van der Waals surface area contributed by atoms with Crippen molar-refractivity contribution in [2.24, 2.45) is 0 Å². The second kappa shape index (κ2) is 12.7. The van der Waals surface area contributed by atoms with Gasteiger partial charge in [-0.05, 0) is 0 Å². The second-order valence-electron chi connectivity index (χ2n) is 3.89. The van der Waals surface area contributed by atoms with Crippen LogP contribution in [0.15, 0.2) is 0 Å².